The maximum absolute atomic E-state index is 12.9. The SMILES string of the molecule is CCC/C=C\CCCCCCCC(=O)OCC(COC(=O)CCCCCCCCCCCCCCCCC/C=C\CCCCCCCCCC)OC(=O)CCCCCCCCCCCCCCCCCCCCCCCCCC. The molecule has 0 aromatic rings. The monoisotopic (exact) mass is 1110 g/mol. The molecule has 79 heavy (non-hydrogen) atoms. The molecule has 0 fully saturated rings. The molecule has 0 aromatic carbocycles. The van der Waals surface area contributed by atoms with Gasteiger partial charge < -0.3 is 14.2 Å². The third-order valence-electron chi connectivity index (χ3n) is 16.4. The van der Waals surface area contributed by atoms with Crippen LogP contribution in [0.5, 0.6) is 0 Å². The van der Waals surface area contributed by atoms with Crippen molar-refractivity contribution in [3.63, 3.8) is 0 Å². The number of hydrogen-bond donors (Lipinski definition) is 0. The predicted molar refractivity (Wildman–Crippen MR) is 344 cm³/mol. The van der Waals surface area contributed by atoms with Gasteiger partial charge in [-0.15, -0.1) is 0 Å². The summed E-state index contributed by atoms with van der Waals surface area (Å²) >= 11 is 0. The quantitative estimate of drug-likeness (QED) is 0.0261. The summed E-state index contributed by atoms with van der Waals surface area (Å²) in [5.74, 6) is -0.849. The average Bonchev–Trinajstić information content (AvgIpc) is 3.45. The van der Waals surface area contributed by atoms with E-state index in [1.54, 1.807) is 0 Å². The van der Waals surface area contributed by atoms with Crippen molar-refractivity contribution in [2.45, 2.75) is 412 Å². The highest BCUT2D eigenvalue weighted by Gasteiger charge is 2.19. The van der Waals surface area contributed by atoms with E-state index in [9.17, 15) is 14.4 Å². The van der Waals surface area contributed by atoms with E-state index >= 15 is 0 Å². The lowest BCUT2D eigenvalue weighted by Gasteiger charge is -2.18. The van der Waals surface area contributed by atoms with Gasteiger partial charge in [0.05, 0.1) is 0 Å². The van der Waals surface area contributed by atoms with Crippen LogP contribution in [0.1, 0.15) is 406 Å². The number of ether oxygens (including phenoxy) is 3. The van der Waals surface area contributed by atoms with E-state index in [0.717, 1.165) is 70.6 Å². The zero-order valence-corrected chi connectivity index (χ0v) is 53.7. The molecule has 6 heteroatoms. The second-order valence-electron chi connectivity index (χ2n) is 24.5. The maximum Gasteiger partial charge on any atom is 0.306 e. The van der Waals surface area contributed by atoms with Gasteiger partial charge in [0.2, 0.25) is 0 Å². The Hall–Kier alpha value is -2.11. The molecule has 0 heterocycles. The Morgan fingerprint density at radius 3 is 0.684 bits per heavy atom. The number of rotatable bonds is 67. The van der Waals surface area contributed by atoms with Crippen LogP contribution in [0.2, 0.25) is 0 Å². The fraction of sp³-hybridized carbons (Fsp3) is 0.904. The molecule has 0 aliphatic rings. The van der Waals surface area contributed by atoms with Crippen molar-refractivity contribution in [1.29, 1.82) is 0 Å². The Morgan fingerprint density at radius 2 is 0.443 bits per heavy atom. The molecule has 0 aliphatic carbocycles. The molecular weight excluding hydrogens is 973 g/mol. The lowest BCUT2D eigenvalue weighted by molar-refractivity contribution is -0.167. The first-order valence-electron chi connectivity index (χ1n) is 35.8. The number of carbonyl (C=O) groups is 3. The second kappa shape index (κ2) is 68.4. The van der Waals surface area contributed by atoms with Gasteiger partial charge in [-0.3, -0.25) is 14.4 Å². The molecule has 0 rings (SSSR count). The summed E-state index contributed by atoms with van der Waals surface area (Å²) in [6.07, 6.45) is 83.7. The van der Waals surface area contributed by atoms with Crippen LogP contribution in [0.25, 0.3) is 0 Å². The predicted octanol–water partition coefficient (Wildman–Crippen LogP) is 24.6. The lowest BCUT2D eigenvalue weighted by Crippen LogP contribution is -2.30. The highest BCUT2D eigenvalue weighted by atomic mass is 16.6. The van der Waals surface area contributed by atoms with Crippen molar-refractivity contribution >= 4 is 17.9 Å². The molecule has 0 spiro atoms. The van der Waals surface area contributed by atoms with E-state index in [4.69, 9.17) is 14.2 Å². The summed E-state index contributed by atoms with van der Waals surface area (Å²) in [5.41, 5.74) is 0. The van der Waals surface area contributed by atoms with E-state index in [-0.39, 0.29) is 31.1 Å². The highest BCUT2D eigenvalue weighted by Crippen LogP contribution is 2.19. The van der Waals surface area contributed by atoms with Crippen LogP contribution in [-0.4, -0.2) is 37.2 Å². The number of esters is 3. The molecule has 466 valence electrons. The van der Waals surface area contributed by atoms with Crippen molar-refractivity contribution in [3.8, 4) is 0 Å². The van der Waals surface area contributed by atoms with Crippen LogP contribution in [0.3, 0.4) is 0 Å². The zero-order chi connectivity index (χ0) is 57.1. The molecule has 0 amide bonds. The highest BCUT2D eigenvalue weighted by molar-refractivity contribution is 5.71. The van der Waals surface area contributed by atoms with E-state index < -0.39 is 6.10 Å². The van der Waals surface area contributed by atoms with Gasteiger partial charge >= 0.3 is 17.9 Å². The van der Waals surface area contributed by atoms with Gasteiger partial charge in [0.15, 0.2) is 6.10 Å². The minimum Gasteiger partial charge on any atom is -0.462 e. The van der Waals surface area contributed by atoms with Crippen molar-refractivity contribution in [3.05, 3.63) is 24.3 Å². The van der Waals surface area contributed by atoms with Crippen molar-refractivity contribution in [2.75, 3.05) is 13.2 Å². The summed E-state index contributed by atoms with van der Waals surface area (Å²) < 4.78 is 17.0. The number of allylic oxidation sites excluding steroid dienone is 4. The van der Waals surface area contributed by atoms with Gasteiger partial charge in [-0.1, -0.05) is 347 Å². The largest absolute Gasteiger partial charge is 0.462 e. The molecule has 0 radical (unpaired) electrons. The summed E-state index contributed by atoms with van der Waals surface area (Å²) in [4.78, 5) is 38.3. The van der Waals surface area contributed by atoms with Crippen LogP contribution in [-0.2, 0) is 28.6 Å². The summed E-state index contributed by atoms with van der Waals surface area (Å²) in [6, 6.07) is 0. The smallest absolute Gasteiger partial charge is 0.306 e. The molecule has 0 saturated heterocycles. The standard InChI is InChI=1S/C73H138O6/c1-4-7-10-13-16-19-22-24-26-28-30-32-34-36-37-38-40-41-43-45-47-49-51-54-57-60-63-66-72(75)78-69-70(68-77-71(74)65-62-59-56-53-21-18-15-12-9-6-3)79-73(76)67-64-61-58-55-52-50-48-46-44-42-39-35-33-31-29-27-25-23-20-17-14-11-8-5-2/h12,15,28,30,70H,4-11,13-14,16-27,29,31-69H2,1-3H3/b15-12-,30-28-. The molecular formula is C73H138O6. The molecule has 0 saturated carbocycles. The molecule has 0 N–H and O–H groups in total. The minimum atomic E-state index is -0.771. The molecule has 0 aliphatic heterocycles. The Morgan fingerprint density at radius 1 is 0.241 bits per heavy atom. The molecule has 0 aromatic heterocycles. The van der Waals surface area contributed by atoms with Crippen LogP contribution in [0, 0.1) is 0 Å². The normalized spacial score (nSPS) is 12.1. The van der Waals surface area contributed by atoms with Gasteiger partial charge in [0.1, 0.15) is 13.2 Å². The Bertz CT molecular complexity index is 1270. The first kappa shape index (κ1) is 76.9. The second-order valence-corrected chi connectivity index (χ2v) is 24.5. The first-order chi connectivity index (χ1) is 39.0. The molecule has 6 nitrogen and oxygen atoms in total. The number of carbonyl (C=O) groups excluding carboxylic acids is 3. The maximum atomic E-state index is 12.9. The first-order valence-corrected chi connectivity index (χ1v) is 35.8. The van der Waals surface area contributed by atoms with Gasteiger partial charge in [0.25, 0.3) is 0 Å². The van der Waals surface area contributed by atoms with Crippen molar-refractivity contribution in [2.24, 2.45) is 0 Å². The van der Waals surface area contributed by atoms with Gasteiger partial charge in [-0.2, -0.15) is 0 Å². The van der Waals surface area contributed by atoms with Crippen LogP contribution >= 0.6 is 0 Å². The fourth-order valence-corrected chi connectivity index (χ4v) is 11.0. The van der Waals surface area contributed by atoms with Crippen LogP contribution in [0.15, 0.2) is 24.3 Å². The Kier molecular flexibility index (Phi) is 66.6. The number of hydrogen-bond acceptors (Lipinski definition) is 6. The lowest BCUT2D eigenvalue weighted by atomic mass is 10.0. The average molecular weight is 1110 g/mol. The Labute approximate surface area is 493 Å². The minimum absolute atomic E-state index is 0.0681. The van der Waals surface area contributed by atoms with Crippen LogP contribution in [0.4, 0.5) is 0 Å². The van der Waals surface area contributed by atoms with E-state index in [2.05, 4.69) is 45.1 Å². The Balaban J connectivity index is 4.11. The molecule has 1 unspecified atom stereocenters. The van der Waals surface area contributed by atoms with Gasteiger partial charge in [0, 0.05) is 19.3 Å². The van der Waals surface area contributed by atoms with Crippen molar-refractivity contribution in [1.82, 2.24) is 0 Å². The van der Waals surface area contributed by atoms with Crippen LogP contribution < -0.4 is 0 Å². The van der Waals surface area contributed by atoms with Crippen molar-refractivity contribution < 1.29 is 28.6 Å². The van der Waals surface area contributed by atoms with Gasteiger partial charge in [-0.05, 0) is 64.2 Å². The third-order valence-corrected chi connectivity index (χ3v) is 16.4. The summed E-state index contributed by atoms with van der Waals surface area (Å²) in [6.45, 7) is 6.65. The van der Waals surface area contributed by atoms with E-state index in [0.29, 0.717) is 19.3 Å². The van der Waals surface area contributed by atoms with E-state index in [1.807, 2.05) is 0 Å². The molecule has 0 bridgehead atoms. The van der Waals surface area contributed by atoms with Gasteiger partial charge in [-0.25, -0.2) is 0 Å². The number of unbranched alkanes of at least 4 members (excludes halogenated alkanes) is 52. The topological polar surface area (TPSA) is 78.9 Å². The zero-order valence-electron chi connectivity index (χ0n) is 53.7. The van der Waals surface area contributed by atoms with E-state index in [1.165, 1.54) is 295 Å². The third kappa shape index (κ3) is 66.6. The summed E-state index contributed by atoms with van der Waals surface area (Å²) in [5, 5.41) is 0. The summed E-state index contributed by atoms with van der Waals surface area (Å²) in [7, 11) is 0. The fourth-order valence-electron chi connectivity index (χ4n) is 11.0. The molecule has 1 atom stereocenters.